The van der Waals surface area contributed by atoms with E-state index in [1.807, 2.05) is 41.5 Å². The maximum atomic E-state index is 4.93. The van der Waals surface area contributed by atoms with Crippen LogP contribution in [0, 0.1) is 13.8 Å². The van der Waals surface area contributed by atoms with Gasteiger partial charge in [-0.25, -0.2) is 9.97 Å². The third kappa shape index (κ3) is 3.52. The molecule has 1 heterocycles. The van der Waals surface area contributed by atoms with Crippen molar-refractivity contribution in [3.63, 3.8) is 0 Å². The average Bonchev–Trinajstić information content (AvgIpc) is 3.07. The standard InChI is InChI=1S/C20H14N2.3C2H6/c1-11-9-16-17(10-12(11)2)22-20-15-8-4-6-13-5-3-7-14(18(13)15)19(20)21-16;3*1-2/h3-10H,1-2H3;3*1-2H3. The first-order valence-corrected chi connectivity index (χ1v) is 10.5. The maximum absolute atomic E-state index is 4.93. The molecule has 0 fully saturated rings. The number of fused-ring (bicyclic) bond motifs is 4. The highest BCUT2D eigenvalue weighted by molar-refractivity contribution is 6.14. The van der Waals surface area contributed by atoms with Crippen molar-refractivity contribution in [1.82, 2.24) is 9.97 Å². The van der Waals surface area contributed by atoms with Gasteiger partial charge in [-0.1, -0.05) is 77.9 Å². The molecule has 0 amide bonds. The van der Waals surface area contributed by atoms with Crippen LogP contribution in [0.3, 0.4) is 0 Å². The zero-order chi connectivity index (χ0) is 20.8. The van der Waals surface area contributed by atoms with Crippen LogP contribution in [0.5, 0.6) is 0 Å². The van der Waals surface area contributed by atoms with E-state index in [-0.39, 0.29) is 0 Å². The van der Waals surface area contributed by atoms with Crippen LogP contribution in [-0.4, -0.2) is 9.97 Å². The lowest BCUT2D eigenvalue weighted by atomic mass is 10.0. The number of aryl methyl sites for hydroxylation is 2. The van der Waals surface area contributed by atoms with Gasteiger partial charge in [0.25, 0.3) is 0 Å². The molecule has 0 saturated carbocycles. The van der Waals surface area contributed by atoms with Crippen molar-refractivity contribution in [1.29, 1.82) is 0 Å². The van der Waals surface area contributed by atoms with E-state index < -0.39 is 0 Å². The Labute approximate surface area is 169 Å². The highest BCUT2D eigenvalue weighted by Crippen LogP contribution is 2.45. The van der Waals surface area contributed by atoms with E-state index in [0.717, 1.165) is 22.4 Å². The maximum Gasteiger partial charge on any atom is 0.0979 e. The molecule has 4 aromatic rings. The highest BCUT2D eigenvalue weighted by Gasteiger charge is 2.24. The molecule has 146 valence electrons. The molecule has 0 bridgehead atoms. The van der Waals surface area contributed by atoms with E-state index in [1.165, 1.54) is 33.0 Å². The van der Waals surface area contributed by atoms with Crippen molar-refractivity contribution < 1.29 is 0 Å². The number of aromatic nitrogens is 2. The Morgan fingerprint density at radius 2 is 0.964 bits per heavy atom. The van der Waals surface area contributed by atoms with Crippen molar-refractivity contribution in [3.05, 3.63) is 59.7 Å². The number of rotatable bonds is 0. The van der Waals surface area contributed by atoms with Gasteiger partial charge in [-0.2, -0.15) is 0 Å². The van der Waals surface area contributed by atoms with E-state index in [1.54, 1.807) is 0 Å². The molecule has 0 radical (unpaired) electrons. The topological polar surface area (TPSA) is 25.8 Å². The normalized spacial score (nSPS) is 10.1. The van der Waals surface area contributed by atoms with E-state index in [2.05, 4.69) is 62.4 Å². The Morgan fingerprint density at radius 3 is 1.36 bits per heavy atom. The quantitative estimate of drug-likeness (QED) is 0.274. The van der Waals surface area contributed by atoms with Crippen LogP contribution in [0.15, 0.2) is 48.5 Å². The van der Waals surface area contributed by atoms with Gasteiger partial charge in [-0.15, -0.1) is 0 Å². The molecule has 1 aliphatic rings. The Kier molecular flexibility index (Phi) is 7.28. The third-order valence-corrected chi connectivity index (χ3v) is 4.69. The summed E-state index contributed by atoms with van der Waals surface area (Å²) in [5.41, 5.74) is 8.92. The minimum atomic E-state index is 0.978. The SMILES string of the molecule is CC.CC.CC.Cc1cc2nc3c(nc2cc1C)-c1cccc2cccc-3c12. The molecular weight excluding hydrogens is 340 g/mol. The smallest absolute Gasteiger partial charge is 0.0979 e. The van der Waals surface area contributed by atoms with Crippen LogP contribution in [0.25, 0.3) is 44.3 Å². The summed E-state index contributed by atoms with van der Waals surface area (Å²) in [7, 11) is 0. The molecule has 2 nitrogen and oxygen atoms in total. The van der Waals surface area contributed by atoms with Crippen molar-refractivity contribution in [2.24, 2.45) is 0 Å². The van der Waals surface area contributed by atoms with Crippen LogP contribution in [0.2, 0.25) is 0 Å². The lowest BCUT2D eigenvalue weighted by molar-refractivity contribution is 1.28. The minimum Gasteiger partial charge on any atom is -0.244 e. The van der Waals surface area contributed by atoms with Crippen LogP contribution >= 0.6 is 0 Å². The molecule has 1 aromatic heterocycles. The van der Waals surface area contributed by atoms with Crippen LogP contribution in [-0.2, 0) is 0 Å². The molecule has 28 heavy (non-hydrogen) atoms. The minimum absolute atomic E-state index is 0.978. The van der Waals surface area contributed by atoms with Gasteiger partial charge in [0.15, 0.2) is 0 Å². The number of hydrogen-bond acceptors (Lipinski definition) is 2. The van der Waals surface area contributed by atoms with Gasteiger partial charge >= 0.3 is 0 Å². The average molecular weight is 373 g/mol. The van der Waals surface area contributed by atoms with Crippen molar-refractivity contribution >= 4 is 21.8 Å². The van der Waals surface area contributed by atoms with Crippen LogP contribution in [0.4, 0.5) is 0 Å². The predicted molar refractivity (Wildman–Crippen MR) is 125 cm³/mol. The first kappa shape index (κ1) is 21.6. The molecular formula is C26H32N2. The largest absolute Gasteiger partial charge is 0.244 e. The van der Waals surface area contributed by atoms with E-state index >= 15 is 0 Å². The molecule has 3 aromatic carbocycles. The summed E-state index contributed by atoms with van der Waals surface area (Å²) in [6, 6.07) is 17.1. The van der Waals surface area contributed by atoms with Crippen LogP contribution in [0.1, 0.15) is 52.7 Å². The molecule has 0 atom stereocenters. The van der Waals surface area contributed by atoms with Gasteiger partial charge in [0.05, 0.1) is 22.4 Å². The zero-order valence-corrected chi connectivity index (χ0v) is 18.5. The van der Waals surface area contributed by atoms with Gasteiger partial charge in [0.1, 0.15) is 0 Å². The summed E-state index contributed by atoms with van der Waals surface area (Å²) in [6.07, 6.45) is 0. The van der Waals surface area contributed by atoms with E-state index in [0.29, 0.717) is 0 Å². The third-order valence-electron chi connectivity index (χ3n) is 4.69. The zero-order valence-electron chi connectivity index (χ0n) is 18.5. The number of benzene rings is 3. The Morgan fingerprint density at radius 1 is 0.571 bits per heavy atom. The lowest BCUT2D eigenvalue weighted by Crippen LogP contribution is -1.92. The first-order valence-electron chi connectivity index (χ1n) is 10.5. The molecule has 0 saturated heterocycles. The summed E-state index contributed by atoms with van der Waals surface area (Å²) in [5, 5.41) is 2.54. The van der Waals surface area contributed by atoms with Crippen molar-refractivity contribution in [2.75, 3.05) is 0 Å². The van der Waals surface area contributed by atoms with Gasteiger partial charge in [-0.05, 0) is 42.5 Å². The summed E-state index contributed by atoms with van der Waals surface area (Å²) in [4.78, 5) is 9.87. The summed E-state index contributed by atoms with van der Waals surface area (Å²) < 4.78 is 0. The van der Waals surface area contributed by atoms with Crippen LogP contribution < -0.4 is 0 Å². The fraction of sp³-hybridized carbons (Fsp3) is 0.308. The molecule has 2 heteroatoms. The van der Waals surface area contributed by atoms with E-state index in [9.17, 15) is 0 Å². The van der Waals surface area contributed by atoms with Gasteiger partial charge < -0.3 is 0 Å². The molecule has 5 rings (SSSR count). The van der Waals surface area contributed by atoms with E-state index in [4.69, 9.17) is 9.97 Å². The summed E-state index contributed by atoms with van der Waals surface area (Å²) >= 11 is 0. The second-order valence-corrected chi connectivity index (χ2v) is 6.06. The summed E-state index contributed by atoms with van der Waals surface area (Å²) in [6.45, 7) is 16.2. The fourth-order valence-electron chi connectivity index (χ4n) is 3.42. The highest BCUT2D eigenvalue weighted by atomic mass is 14.8. The Bertz CT molecular complexity index is 1010. The predicted octanol–water partition coefficient (Wildman–Crippen LogP) is 8.13. The molecule has 0 N–H and O–H groups in total. The van der Waals surface area contributed by atoms with Gasteiger partial charge in [0.2, 0.25) is 0 Å². The molecule has 0 spiro atoms. The van der Waals surface area contributed by atoms with Gasteiger partial charge in [0, 0.05) is 16.5 Å². The molecule has 0 aliphatic heterocycles. The lowest BCUT2D eigenvalue weighted by Gasteiger charge is -2.06. The second-order valence-electron chi connectivity index (χ2n) is 6.06. The second kappa shape index (κ2) is 9.45. The molecule has 0 unspecified atom stereocenters. The molecule has 1 aliphatic carbocycles. The Balaban J connectivity index is 0.000000430. The van der Waals surface area contributed by atoms with Crippen molar-refractivity contribution in [3.8, 4) is 22.5 Å². The summed E-state index contributed by atoms with van der Waals surface area (Å²) in [5.74, 6) is 0. The number of hydrogen-bond donors (Lipinski definition) is 0. The van der Waals surface area contributed by atoms with Gasteiger partial charge in [-0.3, -0.25) is 0 Å². The van der Waals surface area contributed by atoms with Crippen molar-refractivity contribution in [2.45, 2.75) is 55.4 Å². The monoisotopic (exact) mass is 372 g/mol. The Hall–Kier alpha value is -2.74. The number of nitrogens with zero attached hydrogens (tertiary/aromatic N) is 2. The fourth-order valence-corrected chi connectivity index (χ4v) is 3.42. The first-order chi connectivity index (χ1) is 13.7.